The molecular weight excluding hydrogens is 280 g/mol. The Labute approximate surface area is 120 Å². The summed E-state index contributed by atoms with van der Waals surface area (Å²) in [6.07, 6.45) is 1.50. The molecule has 1 aliphatic rings. The summed E-state index contributed by atoms with van der Waals surface area (Å²) in [7, 11) is 0. The number of amides is 2. The number of benzene rings is 1. The second-order valence-electron chi connectivity index (χ2n) is 5.47. The second-order valence-corrected chi connectivity index (χ2v) is 5.47. The number of nitrogens with two attached hydrogens (primary N) is 1. The number of rotatable bonds is 3. The van der Waals surface area contributed by atoms with Crippen LogP contribution in [-0.2, 0) is 4.79 Å². The monoisotopic (exact) mass is 297 g/mol. The van der Waals surface area contributed by atoms with Crippen LogP contribution >= 0.6 is 0 Å². The van der Waals surface area contributed by atoms with Crippen molar-refractivity contribution in [3.8, 4) is 0 Å². The van der Waals surface area contributed by atoms with Crippen LogP contribution in [0.25, 0.3) is 0 Å². The highest BCUT2D eigenvalue weighted by Crippen LogP contribution is 2.28. The Bertz CT molecular complexity index is 584. The number of anilines is 1. The second kappa shape index (κ2) is 5.77. The van der Waals surface area contributed by atoms with E-state index in [1.165, 1.54) is 0 Å². The molecule has 0 saturated carbocycles. The fourth-order valence-electron chi connectivity index (χ4n) is 2.36. The van der Waals surface area contributed by atoms with Crippen LogP contribution in [0.4, 0.5) is 14.5 Å². The van der Waals surface area contributed by atoms with Gasteiger partial charge in [-0.05, 0) is 32.4 Å². The van der Waals surface area contributed by atoms with E-state index >= 15 is 0 Å². The van der Waals surface area contributed by atoms with E-state index in [9.17, 15) is 18.4 Å². The van der Waals surface area contributed by atoms with E-state index in [-0.39, 0.29) is 11.6 Å². The molecule has 2 rings (SSSR count). The minimum absolute atomic E-state index is 0.248. The van der Waals surface area contributed by atoms with Crippen molar-refractivity contribution in [1.29, 1.82) is 0 Å². The predicted molar refractivity (Wildman–Crippen MR) is 73.7 cm³/mol. The lowest BCUT2D eigenvalue weighted by molar-refractivity contribution is -0.125. The number of nitrogens with one attached hydrogen (secondary N) is 2. The minimum Gasteiger partial charge on any atom is -0.366 e. The van der Waals surface area contributed by atoms with E-state index in [0.717, 1.165) is 19.0 Å². The Kier molecular flexibility index (Phi) is 4.22. The SMILES string of the molecule is CC1(C(=O)Nc2cc(C(N)=O)c(F)cc2F)CCCNC1. The van der Waals surface area contributed by atoms with Crippen LogP contribution < -0.4 is 16.4 Å². The van der Waals surface area contributed by atoms with Gasteiger partial charge in [-0.2, -0.15) is 0 Å². The van der Waals surface area contributed by atoms with Crippen LogP contribution in [0.3, 0.4) is 0 Å². The number of carbonyl (C=O) groups excluding carboxylic acids is 2. The average Bonchev–Trinajstić information content (AvgIpc) is 2.42. The van der Waals surface area contributed by atoms with Gasteiger partial charge in [0.15, 0.2) is 0 Å². The number of halogens is 2. The van der Waals surface area contributed by atoms with Crippen LogP contribution in [-0.4, -0.2) is 24.9 Å². The van der Waals surface area contributed by atoms with Crippen LogP contribution in [0.1, 0.15) is 30.1 Å². The Morgan fingerprint density at radius 3 is 2.62 bits per heavy atom. The minimum atomic E-state index is -1.05. The molecule has 0 radical (unpaired) electrons. The van der Waals surface area contributed by atoms with Gasteiger partial charge in [-0.15, -0.1) is 0 Å². The van der Waals surface area contributed by atoms with Crippen LogP contribution in [0.5, 0.6) is 0 Å². The van der Waals surface area contributed by atoms with E-state index in [1.807, 2.05) is 0 Å². The molecule has 1 saturated heterocycles. The molecule has 1 aliphatic heterocycles. The summed E-state index contributed by atoms with van der Waals surface area (Å²) in [6.45, 7) is 3.08. The average molecular weight is 297 g/mol. The van der Waals surface area contributed by atoms with Crippen molar-refractivity contribution in [1.82, 2.24) is 5.32 Å². The fraction of sp³-hybridized carbons (Fsp3) is 0.429. The van der Waals surface area contributed by atoms with Crippen molar-refractivity contribution in [3.63, 3.8) is 0 Å². The van der Waals surface area contributed by atoms with Crippen LogP contribution in [0.15, 0.2) is 12.1 Å². The lowest BCUT2D eigenvalue weighted by atomic mass is 9.82. The highest BCUT2D eigenvalue weighted by molar-refractivity contribution is 5.98. The Balaban J connectivity index is 2.24. The highest BCUT2D eigenvalue weighted by Gasteiger charge is 2.35. The summed E-state index contributed by atoms with van der Waals surface area (Å²) in [6, 6.07) is 1.46. The summed E-state index contributed by atoms with van der Waals surface area (Å²) in [5.74, 6) is -3.40. The smallest absolute Gasteiger partial charge is 0.251 e. The maximum atomic E-state index is 13.7. The first-order valence-corrected chi connectivity index (χ1v) is 6.64. The highest BCUT2D eigenvalue weighted by atomic mass is 19.1. The van der Waals surface area contributed by atoms with Crippen molar-refractivity contribution in [2.24, 2.45) is 11.1 Å². The zero-order valence-corrected chi connectivity index (χ0v) is 11.6. The Hall–Kier alpha value is -2.02. The van der Waals surface area contributed by atoms with E-state index in [0.29, 0.717) is 19.0 Å². The summed E-state index contributed by atoms with van der Waals surface area (Å²) < 4.78 is 27.1. The van der Waals surface area contributed by atoms with Gasteiger partial charge in [-0.3, -0.25) is 9.59 Å². The van der Waals surface area contributed by atoms with Gasteiger partial charge >= 0.3 is 0 Å². The molecule has 7 heteroatoms. The van der Waals surface area contributed by atoms with Crippen molar-refractivity contribution in [3.05, 3.63) is 29.3 Å². The van der Waals surface area contributed by atoms with E-state index < -0.39 is 28.5 Å². The molecule has 1 heterocycles. The summed E-state index contributed by atoms with van der Waals surface area (Å²) in [5, 5.41) is 5.52. The first kappa shape index (κ1) is 15.4. The number of carbonyl (C=O) groups is 2. The van der Waals surface area contributed by atoms with Crippen molar-refractivity contribution in [2.75, 3.05) is 18.4 Å². The van der Waals surface area contributed by atoms with Crippen LogP contribution in [0.2, 0.25) is 0 Å². The molecule has 1 atom stereocenters. The molecule has 0 aliphatic carbocycles. The molecular formula is C14H17F2N3O2. The van der Waals surface area contributed by atoms with Gasteiger partial charge in [0.25, 0.3) is 5.91 Å². The Morgan fingerprint density at radius 1 is 1.33 bits per heavy atom. The lowest BCUT2D eigenvalue weighted by Gasteiger charge is -2.32. The third-order valence-electron chi connectivity index (χ3n) is 3.72. The van der Waals surface area contributed by atoms with Crippen LogP contribution in [0, 0.1) is 17.0 Å². The standard InChI is InChI=1S/C14H17F2N3O2/c1-14(3-2-4-18-7-14)13(21)19-11-5-8(12(17)20)9(15)6-10(11)16/h5-6,18H,2-4,7H2,1H3,(H2,17,20)(H,19,21). The summed E-state index contributed by atoms with van der Waals surface area (Å²) in [5.41, 5.74) is 3.63. The lowest BCUT2D eigenvalue weighted by Crippen LogP contribution is -2.46. The number of hydrogen-bond donors (Lipinski definition) is 3. The third-order valence-corrected chi connectivity index (χ3v) is 3.72. The number of piperidine rings is 1. The quantitative estimate of drug-likeness (QED) is 0.788. The molecule has 1 aromatic rings. The van der Waals surface area contributed by atoms with E-state index in [4.69, 9.17) is 5.73 Å². The molecule has 1 aromatic carbocycles. The maximum absolute atomic E-state index is 13.7. The van der Waals surface area contributed by atoms with Gasteiger partial charge in [0.05, 0.1) is 16.7 Å². The van der Waals surface area contributed by atoms with Gasteiger partial charge in [0.1, 0.15) is 11.6 Å². The first-order valence-electron chi connectivity index (χ1n) is 6.64. The zero-order valence-electron chi connectivity index (χ0n) is 11.6. The molecule has 0 spiro atoms. The number of primary amides is 1. The number of hydrogen-bond acceptors (Lipinski definition) is 3. The molecule has 4 N–H and O–H groups in total. The van der Waals surface area contributed by atoms with Crippen molar-refractivity contribution in [2.45, 2.75) is 19.8 Å². The molecule has 1 fully saturated rings. The molecule has 21 heavy (non-hydrogen) atoms. The third kappa shape index (κ3) is 3.18. The van der Waals surface area contributed by atoms with Gasteiger partial charge in [0, 0.05) is 12.6 Å². The van der Waals surface area contributed by atoms with Gasteiger partial charge in [-0.1, -0.05) is 0 Å². The van der Waals surface area contributed by atoms with Crippen molar-refractivity contribution < 1.29 is 18.4 Å². The predicted octanol–water partition coefficient (Wildman–Crippen LogP) is 1.39. The van der Waals surface area contributed by atoms with Crippen molar-refractivity contribution >= 4 is 17.5 Å². The zero-order chi connectivity index (χ0) is 15.6. The molecule has 1 unspecified atom stereocenters. The topological polar surface area (TPSA) is 84.2 Å². The Morgan fingerprint density at radius 2 is 2.05 bits per heavy atom. The molecule has 5 nitrogen and oxygen atoms in total. The largest absolute Gasteiger partial charge is 0.366 e. The van der Waals surface area contributed by atoms with E-state index in [2.05, 4.69) is 10.6 Å². The molecule has 2 amide bonds. The molecule has 0 aromatic heterocycles. The molecule has 114 valence electrons. The van der Waals surface area contributed by atoms with Gasteiger partial charge in [0.2, 0.25) is 5.91 Å². The summed E-state index contributed by atoms with van der Waals surface area (Å²) >= 11 is 0. The van der Waals surface area contributed by atoms with E-state index in [1.54, 1.807) is 6.92 Å². The van der Waals surface area contributed by atoms with Gasteiger partial charge in [-0.25, -0.2) is 8.78 Å². The molecule has 0 bridgehead atoms. The normalized spacial score (nSPS) is 21.9. The first-order chi connectivity index (χ1) is 9.83. The fourth-order valence-corrected chi connectivity index (χ4v) is 2.36. The maximum Gasteiger partial charge on any atom is 0.251 e. The summed E-state index contributed by atoms with van der Waals surface area (Å²) in [4.78, 5) is 23.4. The van der Waals surface area contributed by atoms with Gasteiger partial charge < -0.3 is 16.4 Å².